The van der Waals surface area contributed by atoms with Crippen LogP contribution in [0.15, 0.2) is 0 Å². The van der Waals surface area contributed by atoms with Crippen LogP contribution in [0, 0.1) is 10.8 Å². The first-order valence-corrected chi connectivity index (χ1v) is 7.28. The Morgan fingerprint density at radius 1 is 0.706 bits per heavy atom. The summed E-state index contributed by atoms with van der Waals surface area (Å²) in [6.45, 7) is 0. The molecule has 0 aliphatic heterocycles. The van der Waals surface area contributed by atoms with E-state index in [-0.39, 0.29) is 5.41 Å². The molecule has 0 atom stereocenters. The highest BCUT2D eigenvalue weighted by Gasteiger charge is 2.61. The summed E-state index contributed by atoms with van der Waals surface area (Å²) < 4.78 is 0. The molecule has 0 unspecified atom stereocenters. The van der Waals surface area contributed by atoms with Crippen LogP contribution in [0.1, 0.15) is 70.6 Å². The van der Waals surface area contributed by atoms with E-state index in [0.717, 1.165) is 51.4 Å². The van der Waals surface area contributed by atoms with Crippen LogP contribution in [0.5, 0.6) is 0 Å². The molecule has 0 bridgehead atoms. The van der Waals surface area contributed by atoms with Gasteiger partial charge in [0.05, 0.1) is 5.41 Å². The van der Waals surface area contributed by atoms with Gasteiger partial charge >= 0.3 is 0 Å². The van der Waals surface area contributed by atoms with E-state index in [4.69, 9.17) is 0 Å². The predicted octanol–water partition coefficient (Wildman–Crippen LogP) is 3.43. The molecule has 0 aromatic rings. The molecular weight excluding hydrogens is 212 g/mol. The third-order valence-corrected chi connectivity index (χ3v) is 5.47. The van der Waals surface area contributed by atoms with Crippen molar-refractivity contribution in [1.29, 1.82) is 0 Å². The Kier molecular flexibility index (Phi) is 2.64. The van der Waals surface area contributed by atoms with Gasteiger partial charge in [0.2, 0.25) is 0 Å². The molecule has 0 amide bonds. The van der Waals surface area contributed by atoms with Crippen molar-refractivity contribution in [1.82, 2.24) is 0 Å². The Balaban J connectivity index is 1.92. The summed E-state index contributed by atoms with van der Waals surface area (Å²) in [5, 5.41) is 0. The lowest BCUT2D eigenvalue weighted by Crippen LogP contribution is -2.40. The third-order valence-electron chi connectivity index (χ3n) is 5.47. The highest BCUT2D eigenvalue weighted by Crippen LogP contribution is 2.56. The number of hydrogen-bond acceptors (Lipinski definition) is 2. The van der Waals surface area contributed by atoms with Crippen LogP contribution < -0.4 is 0 Å². The van der Waals surface area contributed by atoms with Gasteiger partial charge in [0.25, 0.3) is 0 Å². The zero-order chi connectivity index (χ0) is 11.9. The Morgan fingerprint density at radius 3 is 1.82 bits per heavy atom. The molecule has 0 radical (unpaired) electrons. The Hall–Kier alpha value is -0.660. The largest absolute Gasteiger partial charge is 0.299 e. The molecule has 17 heavy (non-hydrogen) atoms. The third kappa shape index (κ3) is 1.52. The quantitative estimate of drug-likeness (QED) is 0.602. The fourth-order valence-electron chi connectivity index (χ4n) is 4.48. The summed E-state index contributed by atoms with van der Waals surface area (Å²) in [5.41, 5.74) is -0.734. The van der Waals surface area contributed by atoms with Gasteiger partial charge in [0.1, 0.15) is 5.78 Å². The molecule has 3 saturated carbocycles. The molecule has 2 heteroatoms. The van der Waals surface area contributed by atoms with Crippen molar-refractivity contribution >= 4 is 11.6 Å². The Bertz CT molecular complexity index is 344. The van der Waals surface area contributed by atoms with Crippen LogP contribution in [-0.4, -0.2) is 11.6 Å². The molecule has 3 fully saturated rings. The van der Waals surface area contributed by atoms with E-state index in [0.29, 0.717) is 18.0 Å². The van der Waals surface area contributed by atoms with Gasteiger partial charge in [-0.25, -0.2) is 0 Å². The Morgan fingerprint density at radius 2 is 1.24 bits per heavy atom. The van der Waals surface area contributed by atoms with E-state index in [1.807, 2.05) is 0 Å². The first-order valence-electron chi connectivity index (χ1n) is 7.28. The molecule has 0 saturated heterocycles. The minimum atomic E-state index is -0.518. The minimum absolute atomic E-state index is 0.216. The maximum Gasteiger partial charge on any atom is 0.152 e. The van der Waals surface area contributed by atoms with Crippen molar-refractivity contribution in [2.45, 2.75) is 70.6 Å². The maximum atomic E-state index is 12.8. The number of hydrogen-bond donors (Lipinski definition) is 0. The monoisotopic (exact) mass is 234 g/mol. The van der Waals surface area contributed by atoms with E-state index in [9.17, 15) is 9.59 Å². The van der Waals surface area contributed by atoms with Crippen LogP contribution >= 0.6 is 0 Å². The lowest BCUT2D eigenvalue weighted by Gasteiger charge is -2.35. The number of Topliss-reactive ketones (excluding diaryl/α,β-unsaturated/α-hetero) is 2. The molecule has 2 spiro atoms. The highest BCUT2D eigenvalue weighted by molar-refractivity contribution is 6.16. The predicted molar refractivity (Wildman–Crippen MR) is 65.7 cm³/mol. The number of carbonyl (C=O) groups excluding carboxylic acids is 2. The smallest absolute Gasteiger partial charge is 0.152 e. The van der Waals surface area contributed by atoms with Gasteiger partial charge < -0.3 is 0 Å². The molecule has 0 aromatic carbocycles. The van der Waals surface area contributed by atoms with Gasteiger partial charge in [-0.2, -0.15) is 0 Å². The average molecular weight is 234 g/mol. The summed E-state index contributed by atoms with van der Waals surface area (Å²) in [6.07, 6.45) is 11.2. The topological polar surface area (TPSA) is 34.1 Å². The lowest BCUT2D eigenvalue weighted by molar-refractivity contribution is -0.140. The summed E-state index contributed by atoms with van der Waals surface area (Å²) in [7, 11) is 0. The van der Waals surface area contributed by atoms with Gasteiger partial charge in [-0.05, 0) is 25.7 Å². The molecule has 3 aliphatic rings. The van der Waals surface area contributed by atoms with Gasteiger partial charge in [-0.15, -0.1) is 0 Å². The first kappa shape index (κ1) is 11.4. The SMILES string of the molecule is O=C1CC2(CCCCC2)C(=O)C12CCCCC2. The maximum absolute atomic E-state index is 12.8. The van der Waals surface area contributed by atoms with Crippen molar-refractivity contribution in [2.75, 3.05) is 0 Å². The summed E-state index contributed by atoms with van der Waals surface area (Å²) in [5.74, 6) is 0.651. The van der Waals surface area contributed by atoms with Gasteiger partial charge in [-0.1, -0.05) is 38.5 Å². The van der Waals surface area contributed by atoms with Gasteiger partial charge in [-0.3, -0.25) is 9.59 Å². The van der Waals surface area contributed by atoms with E-state index < -0.39 is 5.41 Å². The van der Waals surface area contributed by atoms with Crippen molar-refractivity contribution in [3.8, 4) is 0 Å². The minimum Gasteiger partial charge on any atom is -0.299 e. The lowest BCUT2D eigenvalue weighted by atomic mass is 9.65. The number of rotatable bonds is 0. The summed E-state index contributed by atoms with van der Waals surface area (Å²) in [4.78, 5) is 25.3. The van der Waals surface area contributed by atoms with Crippen LogP contribution in [0.2, 0.25) is 0 Å². The molecular formula is C15H22O2. The van der Waals surface area contributed by atoms with E-state index in [1.165, 1.54) is 12.8 Å². The van der Waals surface area contributed by atoms with E-state index in [2.05, 4.69) is 0 Å². The molecule has 3 aliphatic carbocycles. The van der Waals surface area contributed by atoms with Crippen LogP contribution in [0.25, 0.3) is 0 Å². The van der Waals surface area contributed by atoms with Gasteiger partial charge in [0.15, 0.2) is 5.78 Å². The summed E-state index contributed by atoms with van der Waals surface area (Å²) >= 11 is 0. The fraction of sp³-hybridized carbons (Fsp3) is 0.867. The molecule has 0 heterocycles. The van der Waals surface area contributed by atoms with E-state index in [1.54, 1.807) is 0 Å². The second-order valence-corrected chi connectivity index (χ2v) is 6.41. The van der Waals surface area contributed by atoms with Crippen molar-refractivity contribution in [3.05, 3.63) is 0 Å². The first-order chi connectivity index (χ1) is 8.20. The zero-order valence-electron chi connectivity index (χ0n) is 10.6. The average Bonchev–Trinajstić information content (AvgIpc) is 2.55. The van der Waals surface area contributed by atoms with E-state index >= 15 is 0 Å². The van der Waals surface area contributed by atoms with Crippen LogP contribution in [0.4, 0.5) is 0 Å². The van der Waals surface area contributed by atoms with Crippen LogP contribution in [-0.2, 0) is 9.59 Å². The standard InChI is InChI=1S/C15H22O2/c16-12-11-14(7-3-1-4-8-14)13(17)15(12)9-5-2-6-10-15/h1-11H2. The van der Waals surface area contributed by atoms with Crippen molar-refractivity contribution < 1.29 is 9.59 Å². The number of carbonyl (C=O) groups is 2. The highest BCUT2D eigenvalue weighted by atomic mass is 16.2. The molecule has 0 aromatic heterocycles. The second kappa shape index (κ2) is 3.93. The van der Waals surface area contributed by atoms with Crippen molar-refractivity contribution in [2.24, 2.45) is 10.8 Å². The fourth-order valence-corrected chi connectivity index (χ4v) is 4.48. The molecule has 94 valence electrons. The summed E-state index contributed by atoms with van der Waals surface area (Å²) in [6, 6.07) is 0. The van der Waals surface area contributed by atoms with Crippen LogP contribution in [0.3, 0.4) is 0 Å². The Labute approximate surface area is 103 Å². The second-order valence-electron chi connectivity index (χ2n) is 6.41. The van der Waals surface area contributed by atoms with Crippen molar-refractivity contribution in [3.63, 3.8) is 0 Å². The molecule has 2 nitrogen and oxygen atoms in total. The van der Waals surface area contributed by atoms with Gasteiger partial charge in [0, 0.05) is 11.8 Å². The number of ketones is 2. The normalized spacial score (nSPS) is 31.3. The molecule has 3 rings (SSSR count). The molecule has 0 N–H and O–H groups in total. The zero-order valence-corrected chi connectivity index (χ0v) is 10.6.